The first-order valence-electron chi connectivity index (χ1n) is 19.1. The average Bonchev–Trinajstić information content (AvgIpc) is 3.57. The van der Waals surface area contributed by atoms with Gasteiger partial charge in [0.15, 0.2) is 11.6 Å². The lowest BCUT2D eigenvalue weighted by Crippen LogP contribution is -2.54. The Kier molecular flexibility index (Phi) is 16.7. The van der Waals surface area contributed by atoms with Gasteiger partial charge in [0.05, 0.1) is 17.7 Å². The van der Waals surface area contributed by atoms with Gasteiger partial charge < -0.3 is 25.8 Å². The van der Waals surface area contributed by atoms with E-state index in [4.69, 9.17) is 4.74 Å². The van der Waals surface area contributed by atoms with Crippen molar-refractivity contribution < 1.29 is 33.8 Å². The summed E-state index contributed by atoms with van der Waals surface area (Å²) in [5.41, 5.74) is 3.50. The van der Waals surface area contributed by atoms with Crippen LogP contribution >= 0.6 is 0 Å². The van der Waals surface area contributed by atoms with Crippen molar-refractivity contribution in [2.45, 2.75) is 143 Å². The number of nitrogens with one attached hydrogen (secondary N) is 3. The number of carboxylic acids is 1. The fraction of sp³-hybridized carbons (Fsp3) is 0.595. The molecule has 0 aromatic heterocycles. The van der Waals surface area contributed by atoms with Gasteiger partial charge in [-0.1, -0.05) is 95.0 Å². The van der Waals surface area contributed by atoms with Crippen molar-refractivity contribution in [2.75, 3.05) is 6.54 Å². The zero-order valence-electron chi connectivity index (χ0n) is 32.3. The summed E-state index contributed by atoms with van der Waals surface area (Å²) < 4.78 is 6.08. The van der Waals surface area contributed by atoms with Crippen LogP contribution in [0.5, 0.6) is 0 Å². The van der Waals surface area contributed by atoms with Gasteiger partial charge in [-0.3, -0.25) is 19.2 Å². The smallest absolute Gasteiger partial charge is 0.326 e. The van der Waals surface area contributed by atoms with Gasteiger partial charge >= 0.3 is 5.97 Å². The number of ether oxygens (including phenoxy) is 1. The summed E-state index contributed by atoms with van der Waals surface area (Å²) in [6.45, 7) is 13.5. The van der Waals surface area contributed by atoms with Gasteiger partial charge in [0.25, 0.3) is 0 Å². The van der Waals surface area contributed by atoms with Gasteiger partial charge in [0.2, 0.25) is 11.8 Å². The number of hydrogen-bond acceptors (Lipinski definition) is 7. The molecule has 1 saturated heterocycles. The lowest BCUT2D eigenvalue weighted by atomic mass is 9.93. The first-order chi connectivity index (χ1) is 24.6. The van der Waals surface area contributed by atoms with Gasteiger partial charge in [0, 0.05) is 24.3 Å². The van der Waals surface area contributed by atoms with Crippen LogP contribution in [0.3, 0.4) is 0 Å². The number of hydrogen-bond donors (Lipinski definition) is 4. The Morgan fingerprint density at radius 2 is 1.50 bits per heavy atom. The number of amides is 2. The zero-order valence-corrected chi connectivity index (χ0v) is 32.3. The molecule has 2 aromatic rings. The predicted molar refractivity (Wildman–Crippen MR) is 204 cm³/mol. The molecule has 1 heterocycles. The molecule has 3 rings (SSSR count). The maximum absolute atomic E-state index is 13.6. The van der Waals surface area contributed by atoms with E-state index in [0.29, 0.717) is 31.4 Å². The number of carbonyl (C=O) groups excluding carboxylic acids is 4. The third kappa shape index (κ3) is 13.6. The second-order valence-electron chi connectivity index (χ2n) is 15.5. The summed E-state index contributed by atoms with van der Waals surface area (Å²) in [5, 5.41) is 18.3. The van der Waals surface area contributed by atoms with E-state index >= 15 is 0 Å². The van der Waals surface area contributed by atoms with E-state index in [1.165, 1.54) is 12.0 Å². The second kappa shape index (κ2) is 20.4. The number of carboxylic acid groups (broad SMARTS) is 1. The van der Waals surface area contributed by atoms with Crippen molar-refractivity contribution in [2.24, 2.45) is 11.8 Å². The van der Waals surface area contributed by atoms with Crippen LogP contribution < -0.4 is 16.0 Å². The Labute approximate surface area is 310 Å². The average molecular weight is 720 g/mol. The van der Waals surface area contributed by atoms with Gasteiger partial charge in [-0.25, -0.2) is 4.79 Å². The highest BCUT2D eigenvalue weighted by Gasteiger charge is 2.37. The zero-order chi connectivity index (χ0) is 38.4. The Balaban J connectivity index is 1.59. The van der Waals surface area contributed by atoms with Gasteiger partial charge in [-0.15, -0.1) is 0 Å². The maximum atomic E-state index is 13.6. The summed E-state index contributed by atoms with van der Waals surface area (Å²) >= 11 is 0. The number of rotatable bonds is 21. The van der Waals surface area contributed by atoms with Crippen LogP contribution in [0.2, 0.25) is 0 Å². The molecule has 2 amide bonds. The third-order valence-electron chi connectivity index (χ3n) is 9.65. The number of aryl methyl sites for hydroxylation is 1. The standard InChI is InChI=1S/C42H61N3O7/c1-8-10-12-14-34(41(50)51)44-39(48)27(3)23-37(47)38(28(4)52-42(5,6)7)45-40(49)35-24-30(26-43-35)25-36(46)33-21-19-32(20-22-33)31-17-15-29(16-18-31)13-11-9-2/h15-22,27-28,30,34-35,38,43H,8-14,23-26H2,1-7H3,(H,44,48)(H,45,49)(H,50,51)/t27-,28-,30+,34+,35+,38+/m1/s1. The van der Waals surface area contributed by atoms with E-state index in [1.54, 1.807) is 13.8 Å². The van der Waals surface area contributed by atoms with E-state index in [9.17, 15) is 29.1 Å². The lowest BCUT2D eigenvalue weighted by molar-refractivity contribution is -0.143. The van der Waals surface area contributed by atoms with Gasteiger partial charge in [0.1, 0.15) is 12.1 Å². The minimum absolute atomic E-state index is 0.0114. The SMILES string of the molecule is CCCCC[C@H](NC(=O)[C@H](C)CC(=O)[C@@H](NC(=O)[C@@H]1C[C@@H](CC(=O)c2ccc(-c3ccc(CCCC)cc3)cc2)CN1)[C@@H](C)OC(C)(C)C)C(=O)O. The minimum Gasteiger partial charge on any atom is -0.480 e. The first-order valence-corrected chi connectivity index (χ1v) is 19.1. The quantitative estimate of drug-likeness (QED) is 0.0825. The molecule has 2 aromatic carbocycles. The molecule has 10 heteroatoms. The Hall–Kier alpha value is -3.89. The molecule has 4 N–H and O–H groups in total. The molecule has 0 spiro atoms. The molecule has 6 atom stereocenters. The van der Waals surface area contributed by atoms with Crippen LogP contribution in [0, 0.1) is 11.8 Å². The fourth-order valence-electron chi connectivity index (χ4n) is 6.67. The Bertz CT molecular complexity index is 1480. The van der Waals surface area contributed by atoms with Crippen molar-refractivity contribution in [3.63, 3.8) is 0 Å². The van der Waals surface area contributed by atoms with Crippen molar-refractivity contribution in [3.8, 4) is 11.1 Å². The topological polar surface area (TPSA) is 151 Å². The van der Waals surface area contributed by atoms with Crippen LogP contribution in [0.25, 0.3) is 11.1 Å². The summed E-state index contributed by atoms with van der Waals surface area (Å²) in [5.74, 6) is -3.25. The molecular weight excluding hydrogens is 658 g/mol. The van der Waals surface area contributed by atoms with E-state index in [1.807, 2.05) is 52.0 Å². The van der Waals surface area contributed by atoms with Crippen molar-refractivity contribution >= 4 is 29.4 Å². The highest BCUT2D eigenvalue weighted by molar-refractivity contribution is 5.97. The summed E-state index contributed by atoms with van der Waals surface area (Å²) in [7, 11) is 0. The van der Waals surface area contributed by atoms with Crippen molar-refractivity contribution in [1.29, 1.82) is 0 Å². The largest absolute Gasteiger partial charge is 0.480 e. The van der Waals surface area contributed by atoms with E-state index in [2.05, 4.69) is 47.1 Å². The minimum atomic E-state index is -1.11. The van der Waals surface area contributed by atoms with Crippen LogP contribution in [0.15, 0.2) is 48.5 Å². The van der Waals surface area contributed by atoms with E-state index in [0.717, 1.165) is 36.8 Å². The number of carbonyl (C=O) groups is 5. The Morgan fingerprint density at radius 3 is 2.08 bits per heavy atom. The first kappa shape index (κ1) is 42.5. The highest BCUT2D eigenvalue weighted by atomic mass is 16.5. The molecule has 0 bridgehead atoms. The van der Waals surface area contributed by atoms with Crippen LogP contribution in [0.4, 0.5) is 0 Å². The molecule has 1 aliphatic rings. The molecule has 0 unspecified atom stereocenters. The highest BCUT2D eigenvalue weighted by Crippen LogP contribution is 2.25. The molecule has 286 valence electrons. The molecule has 0 saturated carbocycles. The van der Waals surface area contributed by atoms with Gasteiger partial charge in [-0.05, 0) is 82.5 Å². The molecule has 10 nitrogen and oxygen atoms in total. The number of benzene rings is 2. The van der Waals surface area contributed by atoms with Gasteiger partial charge in [-0.2, -0.15) is 0 Å². The summed E-state index contributed by atoms with van der Waals surface area (Å²) in [6.07, 6.45) is 5.99. The third-order valence-corrected chi connectivity index (χ3v) is 9.65. The van der Waals surface area contributed by atoms with Crippen LogP contribution in [-0.4, -0.2) is 70.8 Å². The summed E-state index contributed by atoms with van der Waals surface area (Å²) in [4.78, 5) is 65.1. The summed E-state index contributed by atoms with van der Waals surface area (Å²) in [6, 6.07) is 13.6. The second-order valence-corrected chi connectivity index (χ2v) is 15.5. The number of aliphatic carboxylic acids is 1. The lowest BCUT2D eigenvalue weighted by Gasteiger charge is -2.31. The normalized spacial score (nSPS) is 18.2. The Morgan fingerprint density at radius 1 is 0.885 bits per heavy atom. The molecule has 0 aliphatic carbocycles. The molecule has 1 fully saturated rings. The molecule has 0 radical (unpaired) electrons. The van der Waals surface area contributed by atoms with E-state index < -0.39 is 47.6 Å². The van der Waals surface area contributed by atoms with Crippen molar-refractivity contribution in [3.05, 3.63) is 59.7 Å². The molecular formula is C42H61N3O7. The molecule has 52 heavy (non-hydrogen) atoms. The van der Waals surface area contributed by atoms with E-state index in [-0.39, 0.29) is 36.2 Å². The van der Waals surface area contributed by atoms with Crippen LogP contribution in [0.1, 0.15) is 122 Å². The fourth-order valence-corrected chi connectivity index (χ4v) is 6.67. The van der Waals surface area contributed by atoms with Crippen molar-refractivity contribution in [1.82, 2.24) is 16.0 Å². The number of Topliss-reactive ketones (excluding diaryl/α,β-unsaturated/α-hetero) is 2. The maximum Gasteiger partial charge on any atom is 0.326 e. The number of unbranched alkanes of at least 4 members (excludes halogenated alkanes) is 3. The molecule has 1 aliphatic heterocycles. The monoisotopic (exact) mass is 719 g/mol. The predicted octanol–water partition coefficient (Wildman–Crippen LogP) is 6.68. The number of ketones is 2. The van der Waals surface area contributed by atoms with Crippen LogP contribution in [-0.2, 0) is 30.3 Å².